The minimum absolute atomic E-state index is 0.0840. The van der Waals surface area contributed by atoms with E-state index in [0.717, 1.165) is 0 Å². The van der Waals surface area contributed by atoms with E-state index in [1.54, 1.807) is 26.0 Å². The summed E-state index contributed by atoms with van der Waals surface area (Å²) < 4.78 is 4.60. The minimum Gasteiger partial charge on any atom is -0.467 e. The average molecular weight is 251 g/mol. The Bertz CT molecular complexity index is 440. The van der Waals surface area contributed by atoms with Crippen LogP contribution in [0.5, 0.6) is 0 Å². The van der Waals surface area contributed by atoms with Gasteiger partial charge in [0.25, 0.3) is 0 Å². The van der Waals surface area contributed by atoms with Crippen molar-refractivity contribution < 1.29 is 14.3 Å². The molecule has 0 fully saturated rings. The zero-order chi connectivity index (χ0) is 13.8. The number of nitrogens with one attached hydrogen (secondary N) is 1. The maximum Gasteiger partial charge on any atom is 0.330 e. The molecule has 0 bridgehead atoms. The zero-order valence-electron chi connectivity index (χ0n) is 10.7. The predicted octanol–water partition coefficient (Wildman–Crippen LogP) is 0.274. The number of nitrogens with two attached hydrogens (primary N) is 1. The zero-order valence-corrected chi connectivity index (χ0v) is 10.7. The third kappa shape index (κ3) is 3.73. The molecule has 0 aliphatic heterocycles. The van der Waals surface area contributed by atoms with Gasteiger partial charge in [0, 0.05) is 5.69 Å². The van der Waals surface area contributed by atoms with E-state index in [4.69, 9.17) is 5.73 Å². The number of anilines is 1. The Labute approximate surface area is 106 Å². The van der Waals surface area contributed by atoms with Gasteiger partial charge in [-0.1, -0.05) is 0 Å². The number of esters is 1. The first-order chi connectivity index (χ1) is 8.35. The first-order valence-electron chi connectivity index (χ1n) is 5.45. The molecule has 0 unspecified atom stereocenters. The van der Waals surface area contributed by atoms with Crippen LogP contribution < -0.4 is 11.1 Å². The van der Waals surface area contributed by atoms with E-state index in [2.05, 4.69) is 15.0 Å². The highest BCUT2D eigenvalue weighted by molar-refractivity contribution is 5.88. The van der Waals surface area contributed by atoms with Crippen molar-refractivity contribution in [3.8, 4) is 0 Å². The van der Waals surface area contributed by atoms with E-state index in [-0.39, 0.29) is 12.3 Å². The van der Waals surface area contributed by atoms with Gasteiger partial charge in [-0.2, -0.15) is 0 Å². The Balaban J connectivity index is 2.62. The lowest BCUT2D eigenvalue weighted by Gasteiger charge is -2.22. The molecule has 0 aliphatic rings. The number of rotatable bonds is 4. The van der Waals surface area contributed by atoms with Crippen LogP contribution in [0.15, 0.2) is 18.3 Å². The fourth-order valence-corrected chi connectivity index (χ4v) is 1.40. The first-order valence-corrected chi connectivity index (χ1v) is 5.45. The quantitative estimate of drug-likeness (QED) is 0.749. The second-order valence-corrected chi connectivity index (χ2v) is 4.42. The van der Waals surface area contributed by atoms with Crippen LogP contribution in [-0.2, 0) is 20.7 Å². The summed E-state index contributed by atoms with van der Waals surface area (Å²) in [7, 11) is 1.28. The van der Waals surface area contributed by atoms with Gasteiger partial charge in [0.05, 0.1) is 25.4 Å². The highest BCUT2D eigenvalue weighted by atomic mass is 16.5. The van der Waals surface area contributed by atoms with Crippen molar-refractivity contribution in [2.75, 3.05) is 12.8 Å². The lowest BCUT2D eigenvalue weighted by Crippen LogP contribution is -2.50. The van der Waals surface area contributed by atoms with Gasteiger partial charge in [-0.25, -0.2) is 4.79 Å². The van der Waals surface area contributed by atoms with Crippen LogP contribution in [0.4, 0.5) is 5.69 Å². The van der Waals surface area contributed by atoms with Gasteiger partial charge in [0.2, 0.25) is 5.91 Å². The number of nitrogen functional groups attached to an aromatic ring is 1. The van der Waals surface area contributed by atoms with Crippen LogP contribution in [0, 0.1) is 0 Å². The fraction of sp³-hybridized carbons (Fsp3) is 0.417. The number of amides is 1. The first kappa shape index (κ1) is 14.0. The van der Waals surface area contributed by atoms with Gasteiger partial charge in [-0.05, 0) is 26.0 Å². The molecule has 6 heteroatoms. The summed E-state index contributed by atoms with van der Waals surface area (Å²) in [6, 6.07) is 3.33. The van der Waals surface area contributed by atoms with Crippen LogP contribution in [-0.4, -0.2) is 29.5 Å². The summed E-state index contributed by atoms with van der Waals surface area (Å²) in [4.78, 5) is 27.2. The Kier molecular flexibility index (Phi) is 4.25. The molecule has 1 aromatic heterocycles. The van der Waals surface area contributed by atoms with E-state index >= 15 is 0 Å². The van der Waals surface area contributed by atoms with Crippen LogP contribution in [0.3, 0.4) is 0 Å². The molecule has 6 nitrogen and oxygen atoms in total. The van der Waals surface area contributed by atoms with E-state index in [1.165, 1.54) is 13.3 Å². The van der Waals surface area contributed by atoms with Crippen LogP contribution in [0.1, 0.15) is 19.5 Å². The number of carbonyl (C=O) groups excluding carboxylic acids is 2. The van der Waals surface area contributed by atoms with Crippen LogP contribution in [0.25, 0.3) is 0 Å². The lowest BCUT2D eigenvalue weighted by molar-refractivity contribution is -0.149. The molecule has 1 heterocycles. The third-order valence-electron chi connectivity index (χ3n) is 2.34. The molecule has 18 heavy (non-hydrogen) atoms. The SMILES string of the molecule is COC(=O)C(C)(C)NC(=O)Cc1ccc(N)cn1. The molecule has 0 saturated carbocycles. The molecule has 1 aromatic rings. The smallest absolute Gasteiger partial charge is 0.330 e. The highest BCUT2D eigenvalue weighted by Crippen LogP contribution is 2.06. The lowest BCUT2D eigenvalue weighted by atomic mass is 10.1. The van der Waals surface area contributed by atoms with Gasteiger partial charge < -0.3 is 15.8 Å². The number of hydrogen-bond acceptors (Lipinski definition) is 5. The molecule has 0 saturated heterocycles. The average Bonchev–Trinajstić information content (AvgIpc) is 2.30. The number of methoxy groups -OCH3 is 1. The van der Waals surface area contributed by atoms with Gasteiger partial charge in [-0.3, -0.25) is 9.78 Å². The summed E-state index contributed by atoms with van der Waals surface area (Å²) in [5, 5.41) is 2.59. The van der Waals surface area contributed by atoms with Crippen molar-refractivity contribution in [2.45, 2.75) is 25.8 Å². The normalized spacial score (nSPS) is 10.8. The molecule has 0 spiro atoms. The van der Waals surface area contributed by atoms with Crippen molar-refractivity contribution in [3.63, 3.8) is 0 Å². The molecule has 0 radical (unpaired) electrons. The Morgan fingerprint density at radius 3 is 2.61 bits per heavy atom. The van der Waals surface area contributed by atoms with E-state index < -0.39 is 11.5 Å². The monoisotopic (exact) mass is 251 g/mol. The number of aromatic nitrogens is 1. The second-order valence-electron chi connectivity index (χ2n) is 4.42. The van der Waals surface area contributed by atoms with Crippen molar-refractivity contribution in [2.24, 2.45) is 0 Å². The molecule has 0 aromatic carbocycles. The number of hydrogen-bond donors (Lipinski definition) is 2. The largest absolute Gasteiger partial charge is 0.467 e. The van der Waals surface area contributed by atoms with E-state index in [9.17, 15) is 9.59 Å². The summed E-state index contributed by atoms with van der Waals surface area (Å²) in [6.45, 7) is 3.15. The summed E-state index contributed by atoms with van der Waals surface area (Å²) in [5.41, 5.74) is 5.56. The molecular formula is C12H17N3O3. The third-order valence-corrected chi connectivity index (χ3v) is 2.34. The molecule has 0 aliphatic carbocycles. The van der Waals surface area contributed by atoms with Gasteiger partial charge in [0.1, 0.15) is 5.54 Å². The van der Waals surface area contributed by atoms with Crippen molar-refractivity contribution in [1.29, 1.82) is 0 Å². The van der Waals surface area contributed by atoms with E-state index in [0.29, 0.717) is 11.4 Å². The Morgan fingerprint density at radius 1 is 1.44 bits per heavy atom. The fourth-order valence-electron chi connectivity index (χ4n) is 1.40. The molecule has 3 N–H and O–H groups in total. The molecule has 1 amide bonds. The highest BCUT2D eigenvalue weighted by Gasteiger charge is 2.30. The Morgan fingerprint density at radius 2 is 2.11 bits per heavy atom. The number of pyridine rings is 1. The number of ether oxygens (including phenoxy) is 1. The number of carbonyl (C=O) groups is 2. The standard InChI is InChI=1S/C12H17N3O3/c1-12(2,11(17)18-3)15-10(16)6-9-5-4-8(13)7-14-9/h4-5,7H,6,13H2,1-3H3,(H,15,16). The maximum atomic E-state index is 11.7. The predicted molar refractivity (Wildman–Crippen MR) is 66.6 cm³/mol. The number of nitrogens with zero attached hydrogens (tertiary/aromatic N) is 1. The molecule has 0 atom stereocenters. The van der Waals surface area contributed by atoms with E-state index in [1.807, 2.05) is 0 Å². The van der Waals surface area contributed by atoms with Crippen molar-refractivity contribution in [1.82, 2.24) is 10.3 Å². The van der Waals surface area contributed by atoms with Crippen LogP contribution >= 0.6 is 0 Å². The van der Waals surface area contributed by atoms with Crippen LogP contribution in [0.2, 0.25) is 0 Å². The van der Waals surface area contributed by atoms with Gasteiger partial charge in [-0.15, -0.1) is 0 Å². The summed E-state index contributed by atoms with van der Waals surface area (Å²) in [6.07, 6.45) is 1.56. The second kappa shape index (κ2) is 5.48. The summed E-state index contributed by atoms with van der Waals surface area (Å²) in [5.74, 6) is -0.802. The Hall–Kier alpha value is -2.11. The minimum atomic E-state index is -1.06. The molecule has 98 valence electrons. The van der Waals surface area contributed by atoms with Gasteiger partial charge >= 0.3 is 5.97 Å². The summed E-state index contributed by atoms with van der Waals surface area (Å²) >= 11 is 0. The molecular weight excluding hydrogens is 234 g/mol. The molecule has 1 rings (SSSR count). The topological polar surface area (TPSA) is 94.3 Å². The van der Waals surface area contributed by atoms with Crippen molar-refractivity contribution >= 4 is 17.6 Å². The van der Waals surface area contributed by atoms with Gasteiger partial charge in [0.15, 0.2) is 0 Å². The van der Waals surface area contributed by atoms with Crippen molar-refractivity contribution in [3.05, 3.63) is 24.0 Å². The maximum absolute atomic E-state index is 11.7.